The van der Waals surface area contributed by atoms with Gasteiger partial charge in [0.1, 0.15) is 17.8 Å². The lowest BCUT2D eigenvalue weighted by molar-refractivity contribution is 0.271. The maximum absolute atomic E-state index is 13.6. The van der Waals surface area contributed by atoms with Crippen molar-refractivity contribution in [2.45, 2.75) is 50.6 Å². The number of nitrogens with zero attached hydrogens (tertiary/aromatic N) is 7. The van der Waals surface area contributed by atoms with Crippen LogP contribution in [0.25, 0.3) is 16.9 Å². The minimum Gasteiger partial charge on any atom is -0.488 e. The van der Waals surface area contributed by atoms with Gasteiger partial charge in [-0.1, -0.05) is 30.4 Å². The Labute approximate surface area is 232 Å². The second kappa shape index (κ2) is 9.02. The number of likely N-dealkylation sites (N-methyl/N-ethyl adjacent to an activating group) is 1. The quantitative estimate of drug-likeness (QED) is 0.363. The fraction of sp³-hybridized carbons (Fsp3) is 0.419. The molecule has 8 rings (SSSR count). The van der Waals surface area contributed by atoms with Crippen LogP contribution in [0.3, 0.4) is 0 Å². The zero-order valence-corrected chi connectivity index (χ0v) is 22.8. The zero-order chi connectivity index (χ0) is 26.8. The average Bonchev–Trinajstić information content (AvgIpc) is 3.66. The minimum absolute atomic E-state index is 0.109. The number of hydrogen-bond acceptors (Lipinski definition) is 7. The summed E-state index contributed by atoms with van der Waals surface area (Å²) >= 11 is 0. The van der Waals surface area contributed by atoms with Crippen LogP contribution in [-0.4, -0.2) is 62.5 Å². The molecule has 204 valence electrons. The summed E-state index contributed by atoms with van der Waals surface area (Å²) in [4.78, 5) is 32.9. The van der Waals surface area contributed by atoms with Crippen molar-refractivity contribution in [3.8, 4) is 11.6 Å². The Morgan fingerprint density at radius 3 is 2.90 bits per heavy atom. The van der Waals surface area contributed by atoms with Gasteiger partial charge < -0.3 is 14.5 Å². The number of aromatic nitrogens is 5. The molecule has 4 aromatic rings. The van der Waals surface area contributed by atoms with Gasteiger partial charge in [-0.3, -0.25) is 4.79 Å². The van der Waals surface area contributed by atoms with E-state index in [0.29, 0.717) is 47.7 Å². The number of rotatable bonds is 2. The number of allylic oxidation sites excluding steroid dienone is 2. The molecule has 2 bridgehead atoms. The van der Waals surface area contributed by atoms with Crippen LogP contribution in [0, 0.1) is 0 Å². The van der Waals surface area contributed by atoms with Crippen LogP contribution in [0.15, 0.2) is 53.5 Å². The molecule has 1 saturated carbocycles. The van der Waals surface area contributed by atoms with Gasteiger partial charge in [0, 0.05) is 37.7 Å². The topological polar surface area (TPSA) is 81.3 Å². The number of benzene rings is 1. The molecular formula is C31H33N7O2. The van der Waals surface area contributed by atoms with E-state index in [4.69, 9.17) is 14.7 Å². The molecule has 0 radical (unpaired) electrons. The molecule has 9 heteroatoms. The van der Waals surface area contributed by atoms with Crippen LogP contribution < -0.4 is 15.2 Å². The molecule has 1 fully saturated rings. The van der Waals surface area contributed by atoms with Gasteiger partial charge in [-0.2, -0.15) is 0 Å². The van der Waals surface area contributed by atoms with Crippen molar-refractivity contribution in [1.29, 1.82) is 0 Å². The summed E-state index contributed by atoms with van der Waals surface area (Å²) in [5.74, 6) is 2.97. The third kappa shape index (κ3) is 3.86. The predicted molar refractivity (Wildman–Crippen MR) is 153 cm³/mol. The Bertz CT molecular complexity index is 1730. The van der Waals surface area contributed by atoms with E-state index in [0.717, 1.165) is 50.6 Å². The predicted octanol–water partition coefficient (Wildman–Crippen LogP) is 3.59. The van der Waals surface area contributed by atoms with Crippen molar-refractivity contribution in [3.63, 3.8) is 0 Å². The van der Waals surface area contributed by atoms with Crippen molar-refractivity contribution in [3.05, 3.63) is 81.5 Å². The van der Waals surface area contributed by atoms with Gasteiger partial charge in [0.2, 0.25) is 0 Å². The van der Waals surface area contributed by atoms with Crippen molar-refractivity contribution in [2.24, 2.45) is 0 Å². The summed E-state index contributed by atoms with van der Waals surface area (Å²) in [5, 5.41) is 0.502. The lowest BCUT2D eigenvalue weighted by atomic mass is 9.86. The Morgan fingerprint density at radius 1 is 1.07 bits per heavy atom. The highest BCUT2D eigenvalue weighted by Gasteiger charge is 2.48. The third-order valence-corrected chi connectivity index (χ3v) is 8.90. The van der Waals surface area contributed by atoms with Crippen LogP contribution >= 0.6 is 0 Å². The van der Waals surface area contributed by atoms with E-state index in [9.17, 15) is 4.79 Å². The maximum atomic E-state index is 13.6. The van der Waals surface area contributed by atoms with E-state index >= 15 is 0 Å². The molecule has 1 aliphatic carbocycles. The van der Waals surface area contributed by atoms with E-state index in [-0.39, 0.29) is 5.56 Å². The summed E-state index contributed by atoms with van der Waals surface area (Å²) in [6.07, 6.45) is 11.1. The summed E-state index contributed by atoms with van der Waals surface area (Å²) in [7, 11) is 2.22. The summed E-state index contributed by atoms with van der Waals surface area (Å²) in [6.45, 7) is 4.95. The lowest BCUT2D eigenvalue weighted by Gasteiger charge is -2.32. The van der Waals surface area contributed by atoms with Crippen molar-refractivity contribution in [2.75, 3.05) is 38.2 Å². The highest BCUT2D eigenvalue weighted by Crippen LogP contribution is 2.52. The Balaban J connectivity index is 1.22. The highest BCUT2D eigenvalue weighted by molar-refractivity contribution is 5.75. The summed E-state index contributed by atoms with van der Waals surface area (Å²) < 4.78 is 9.49. The molecule has 4 aliphatic rings. The smallest absolute Gasteiger partial charge is 0.278 e. The van der Waals surface area contributed by atoms with Crippen LogP contribution in [0.5, 0.6) is 5.75 Å². The van der Waals surface area contributed by atoms with E-state index in [2.05, 4.69) is 52.2 Å². The summed E-state index contributed by atoms with van der Waals surface area (Å²) in [5.41, 5.74) is 4.99. The Kier molecular flexibility index (Phi) is 5.38. The molecule has 0 unspecified atom stereocenters. The van der Waals surface area contributed by atoms with Crippen molar-refractivity contribution >= 4 is 16.9 Å². The second-order valence-electron chi connectivity index (χ2n) is 11.8. The molecule has 1 aromatic carbocycles. The number of fused-ring (bicyclic) bond motifs is 7. The number of pyridine rings is 1. The molecule has 3 aliphatic heterocycles. The third-order valence-electron chi connectivity index (χ3n) is 8.90. The molecule has 0 saturated heterocycles. The zero-order valence-electron chi connectivity index (χ0n) is 22.8. The van der Waals surface area contributed by atoms with Gasteiger partial charge in [-0.05, 0) is 61.6 Å². The van der Waals surface area contributed by atoms with Gasteiger partial charge in [-0.15, -0.1) is 0 Å². The summed E-state index contributed by atoms with van der Waals surface area (Å²) in [6, 6.07) is 10.8. The Morgan fingerprint density at radius 2 is 2.00 bits per heavy atom. The lowest BCUT2D eigenvalue weighted by Crippen LogP contribution is -2.35. The number of anilines is 1. The first kappa shape index (κ1) is 23.9. The molecule has 0 atom stereocenters. The average molecular weight is 536 g/mol. The molecule has 6 heterocycles. The van der Waals surface area contributed by atoms with Gasteiger partial charge in [-0.25, -0.2) is 24.3 Å². The molecule has 3 aromatic heterocycles. The standard InChI is InChI=1S/C31H33N7O2/c1-35-19-22-16-21(6-7-24(22)31(20-35)10-11-31)17-26-32-18-23-28(33-26)38-27-9-8-25-29(34-27)36(14-15-40-25)12-4-2-3-5-13-37(38)30(23)39/h3,5-9,16,18H,2,4,10-15,17,19-20H2,1H3/b5-3-. The van der Waals surface area contributed by atoms with Crippen LogP contribution in [0.4, 0.5) is 5.82 Å². The first-order valence-electron chi connectivity index (χ1n) is 14.4. The minimum atomic E-state index is -0.109. The van der Waals surface area contributed by atoms with Gasteiger partial charge in [0.05, 0.1) is 13.1 Å². The molecule has 0 N–H and O–H groups in total. The van der Waals surface area contributed by atoms with Crippen LogP contribution in [-0.2, 0) is 24.9 Å². The van der Waals surface area contributed by atoms with E-state index in [1.807, 2.05) is 16.8 Å². The monoisotopic (exact) mass is 535 g/mol. The van der Waals surface area contributed by atoms with Crippen LogP contribution in [0.2, 0.25) is 0 Å². The largest absolute Gasteiger partial charge is 0.488 e. The fourth-order valence-electron chi connectivity index (χ4n) is 6.83. The van der Waals surface area contributed by atoms with Crippen LogP contribution in [0.1, 0.15) is 48.2 Å². The fourth-order valence-corrected chi connectivity index (χ4v) is 6.83. The van der Waals surface area contributed by atoms with Crippen molar-refractivity contribution < 1.29 is 4.74 Å². The molecule has 1 spiro atoms. The Hall–Kier alpha value is -3.98. The molecule has 9 nitrogen and oxygen atoms in total. The first-order chi connectivity index (χ1) is 19.6. The first-order valence-corrected chi connectivity index (χ1v) is 14.4. The van der Waals surface area contributed by atoms with Gasteiger partial charge in [0.25, 0.3) is 5.56 Å². The second-order valence-corrected chi connectivity index (χ2v) is 11.8. The van der Waals surface area contributed by atoms with E-state index in [1.54, 1.807) is 10.9 Å². The normalized spacial score (nSPS) is 20.3. The SMILES string of the molecule is CN1Cc2cc(Cc3ncc4c(=O)n5n(c4n3)-c3ccc4c(n3)N(CCC/C=C\C5)CCO4)ccc2C2(CC2)C1. The van der Waals surface area contributed by atoms with E-state index < -0.39 is 0 Å². The number of hydrogen-bond donors (Lipinski definition) is 0. The van der Waals surface area contributed by atoms with Gasteiger partial charge in [0.15, 0.2) is 23.0 Å². The maximum Gasteiger partial charge on any atom is 0.278 e. The highest BCUT2D eigenvalue weighted by atomic mass is 16.5. The molecule has 0 amide bonds. The van der Waals surface area contributed by atoms with Crippen molar-refractivity contribution in [1.82, 2.24) is 29.2 Å². The van der Waals surface area contributed by atoms with Gasteiger partial charge >= 0.3 is 0 Å². The van der Waals surface area contributed by atoms with E-state index in [1.165, 1.54) is 29.5 Å². The molecular weight excluding hydrogens is 502 g/mol. The number of ether oxygens (including phenoxy) is 1. The molecule has 40 heavy (non-hydrogen) atoms.